The van der Waals surface area contributed by atoms with Gasteiger partial charge in [0.15, 0.2) is 0 Å². The maximum atomic E-state index is 4.24. The second-order valence-corrected chi connectivity index (χ2v) is 3.65. The third kappa shape index (κ3) is 1.50. The van der Waals surface area contributed by atoms with Crippen molar-refractivity contribution < 1.29 is 0 Å². The summed E-state index contributed by atoms with van der Waals surface area (Å²) in [7, 11) is 2.03. The first-order valence-electron chi connectivity index (χ1n) is 4.47. The van der Waals surface area contributed by atoms with Gasteiger partial charge in [0, 0.05) is 25.5 Å². The van der Waals surface area contributed by atoms with E-state index in [0.717, 1.165) is 24.3 Å². The third-order valence-electron chi connectivity index (χ3n) is 2.55. The van der Waals surface area contributed by atoms with Gasteiger partial charge in [-0.3, -0.25) is 0 Å². The highest BCUT2D eigenvalue weighted by Gasteiger charge is 2.31. The van der Waals surface area contributed by atoms with Crippen LogP contribution >= 0.6 is 0 Å². The molecule has 0 spiro atoms. The van der Waals surface area contributed by atoms with E-state index in [0.29, 0.717) is 0 Å². The molecule has 66 valence electrons. The highest BCUT2D eigenvalue weighted by Crippen LogP contribution is 2.28. The Balaban J connectivity index is 1.84. The lowest BCUT2D eigenvalue weighted by Gasteiger charge is -2.02. The van der Waals surface area contributed by atoms with E-state index >= 15 is 0 Å². The van der Waals surface area contributed by atoms with E-state index in [1.165, 1.54) is 6.42 Å². The van der Waals surface area contributed by atoms with Crippen LogP contribution in [0.1, 0.15) is 19.2 Å². The average molecular weight is 165 g/mol. The van der Waals surface area contributed by atoms with Gasteiger partial charge in [-0.2, -0.15) is 0 Å². The predicted octanol–water partition coefficient (Wildman–Crippen LogP) is 0.918. The maximum Gasteiger partial charge on any atom is 0.122 e. The summed E-state index contributed by atoms with van der Waals surface area (Å²) in [5.41, 5.74) is 0. The molecule has 1 aromatic heterocycles. The summed E-state index contributed by atoms with van der Waals surface area (Å²) in [4.78, 5) is 4.24. The van der Waals surface area contributed by atoms with Gasteiger partial charge in [0.25, 0.3) is 0 Å². The largest absolute Gasteiger partial charge is 0.337 e. The Bertz CT molecular complexity index is 266. The molecule has 1 aliphatic rings. The lowest BCUT2D eigenvalue weighted by molar-refractivity contribution is 0.612. The molecule has 0 aliphatic heterocycles. The van der Waals surface area contributed by atoms with Crippen LogP contribution in [0, 0.1) is 5.92 Å². The molecule has 2 atom stereocenters. The SMILES string of the molecule is CC1CC1NCc1nccn1C. The molecule has 0 amide bonds. The number of hydrogen-bond donors (Lipinski definition) is 1. The summed E-state index contributed by atoms with van der Waals surface area (Å²) in [5.74, 6) is 1.99. The summed E-state index contributed by atoms with van der Waals surface area (Å²) >= 11 is 0. The summed E-state index contributed by atoms with van der Waals surface area (Å²) < 4.78 is 2.06. The fourth-order valence-corrected chi connectivity index (χ4v) is 1.40. The topological polar surface area (TPSA) is 29.9 Å². The Kier molecular flexibility index (Phi) is 1.89. The molecule has 1 N–H and O–H groups in total. The average Bonchev–Trinajstić information content (AvgIpc) is 2.57. The quantitative estimate of drug-likeness (QED) is 0.721. The Morgan fingerprint density at radius 1 is 1.75 bits per heavy atom. The van der Waals surface area contributed by atoms with E-state index in [2.05, 4.69) is 21.8 Å². The van der Waals surface area contributed by atoms with Crippen molar-refractivity contribution in [2.75, 3.05) is 0 Å². The van der Waals surface area contributed by atoms with Crippen molar-refractivity contribution >= 4 is 0 Å². The van der Waals surface area contributed by atoms with Crippen LogP contribution in [0.4, 0.5) is 0 Å². The fraction of sp³-hybridized carbons (Fsp3) is 0.667. The van der Waals surface area contributed by atoms with Crippen molar-refractivity contribution in [1.82, 2.24) is 14.9 Å². The number of hydrogen-bond acceptors (Lipinski definition) is 2. The second-order valence-electron chi connectivity index (χ2n) is 3.65. The molecule has 1 fully saturated rings. The first-order valence-corrected chi connectivity index (χ1v) is 4.47. The Morgan fingerprint density at radius 3 is 3.00 bits per heavy atom. The van der Waals surface area contributed by atoms with Crippen LogP contribution in [0.5, 0.6) is 0 Å². The predicted molar refractivity (Wildman–Crippen MR) is 47.6 cm³/mol. The number of nitrogens with zero attached hydrogens (tertiary/aromatic N) is 2. The molecule has 0 bridgehead atoms. The van der Waals surface area contributed by atoms with Crippen molar-refractivity contribution in [1.29, 1.82) is 0 Å². The number of rotatable bonds is 3. The lowest BCUT2D eigenvalue weighted by atomic mass is 10.4. The maximum absolute atomic E-state index is 4.24. The van der Waals surface area contributed by atoms with Crippen molar-refractivity contribution in [3.63, 3.8) is 0 Å². The van der Waals surface area contributed by atoms with Gasteiger partial charge in [0.2, 0.25) is 0 Å². The van der Waals surface area contributed by atoms with Crippen LogP contribution in [0.3, 0.4) is 0 Å². The second kappa shape index (κ2) is 2.90. The van der Waals surface area contributed by atoms with Crippen molar-refractivity contribution in [3.05, 3.63) is 18.2 Å². The number of aromatic nitrogens is 2. The first kappa shape index (κ1) is 7.80. The van der Waals surface area contributed by atoms with Crippen LogP contribution in [0.15, 0.2) is 12.4 Å². The molecule has 0 aromatic carbocycles. The summed E-state index contributed by atoms with van der Waals surface area (Å²) in [5, 5.41) is 3.47. The normalized spacial score (nSPS) is 27.5. The van der Waals surface area contributed by atoms with Crippen LogP contribution < -0.4 is 5.32 Å². The van der Waals surface area contributed by atoms with Gasteiger partial charge in [-0.15, -0.1) is 0 Å². The Morgan fingerprint density at radius 2 is 2.50 bits per heavy atom. The zero-order chi connectivity index (χ0) is 8.55. The molecule has 3 nitrogen and oxygen atoms in total. The minimum absolute atomic E-state index is 0.738. The highest BCUT2D eigenvalue weighted by molar-refractivity contribution is 4.95. The van der Waals surface area contributed by atoms with Gasteiger partial charge in [-0.1, -0.05) is 6.92 Å². The van der Waals surface area contributed by atoms with E-state index in [-0.39, 0.29) is 0 Å². The number of imidazole rings is 1. The van der Waals surface area contributed by atoms with E-state index in [1.807, 2.05) is 19.4 Å². The molecule has 1 aliphatic carbocycles. The monoisotopic (exact) mass is 165 g/mol. The smallest absolute Gasteiger partial charge is 0.122 e. The van der Waals surface area contributed by atoms with E-state index in [9.17, 15) is 0 Å². The van der Waals surface area contributed by atoms with Gasteiger partial charge in [-0.05, 0) is 12.3 Å². The molecule has 2 unspecified atom stereocenters. The zero-order valence-electron chi connectivity index (χ0n) is 7.62. The van der Waals surface area contributed by atoms with E-state index in [4.69, 9.17) is 0 Å². The summed E-state index contributed by atoms with van der Waals surface area (Å²) in [6, 6.07) is 0.738. The van der Waals surface area contributed by atoms with E-state index in [1.54, 1.807) is 0 Å². The van der Waals surface area contributed by atoms with E-state index < -0.39 is 0 Å². The van der Waals surface area contributed by atoms with Crippen LogP contribution in [-0.2, 0) is 13.6 Å². The fourth-order valence-electron chi connectivity index (χ4n) is 1.40. The minimum Gasteiger partial charge on any atom is -0.337 e. The summed E-state index contributed by atoms with van der Waals surface area (Å²) in [6.45, 7) is 3.18. The lowest BCUT2D eigenvalue weighted by Crippen LogP contribution is -2.19. The first-order chi connectivity index (χ1) is 5.77. The molecule has 2 rings (SSSR count). The third-order valence-corrected chi connectivity index (χ3v) is 2.55. The van der Waals surface area contributed by atoms with Gasteiger partial charge < -0.3 is 9.88 Å². The van der Waals surface area contributed by atoms with Gasteiger partial charge in [0.1, 0.15) is 5.82 Å². The van der Waals surface area contributed by atoms with Crippen LogP contribution in [0.2, 0.25) is 0 Å². The van der Waals surface area contributed by atoms with Gasteiger partial charge in [-0.25, -0.2) is 4.98 Å². The molecular formula is C9H15N3. The molecule has 1 saturated carbocycles. The van der Waals surface area contributed by atoms with Crippen molar-refractivity contribution in [3.8, 4) is 0 Å². The molecule has 0 radical (unpaired) electrons. The highest BCUT2D eigenvalue weighted by atomic mass is 15.1. The molecular weight excluding hydrogens is 150 g/mol. The van der Waals surface area contributed by atoms with Crippen molar-refractivity contribution in [2.24, 2.45) is 13.0 Å². The zero-order valence-corrected chi connectivity index (χ0v) is 7.62. The molecule has 12 heavy (non-hydrogen) atoms. The number of aryl methyl sites for hydroxylation is 1. The molecule has 1 heterocycles. The van der Waals surface area contributed by atoms with Gasteiger partial charge >= 0.3 is 0 Å². The summed E-state index contributed by atoms with van der Waals surface area (Å²) in [6.07, 6.45) is 5.14. The number of nitrogens with one attached hydrogen (secondary N) is 1. The van der Waals surface area contributed by atoms with Gasteiger partial charge in [0.05, 0.1) is 6.54 Å². The van der Waals surface area contributed by atoms with Crippen LogP contribution in [0.25, 0.3) is 0 Å². The standard InChI is InChI=1S/C9H15N3/c1-7-5-8(7)11-6-9-10-3-4-12(9)2/h3-4,7-8,11H,5-6H2,1-2H3. The van der Waals surface area contributed by atoms with Crippen molar-refractivity contribution in [2.45, 2.75) is 25.9 Å². The van der Waals surface area contributed by atoms with Crippen LogP contribution in [-0.4, -0.2) is 15.6 Å². The Labute approximate surface area is 72.8 Å². The molecule has 3 heteroatoms. The molecule has 0 saturated heterocycles. The molecule has 1 aromatic rings. The minimum atomic E-state index is 0.738. The Hall–Kier alpha value is -0.830.